The fourth-order valence-electron chi connectivity index (χ4n) is 3.97. The molecule has 0 bridgehead atoms. The van der Waals surface area contributed by atoms with E-state index in [4.69, 9.17) is 0 Å². The maximum absolute atomic E-state index is 13.1. The molecule has 3 heterocycles. The number of nitrogens with one attached hydrogen (secondary N) is 3. The summed E-state index contributed by atoms with van der Waals surface area (Å²) in [5.41, 5.74) is 3.57. The Labute approximate surface area is 192 Å². The van der Waals surface area contributed by atoms with Gasteiger partial charge in [0.2, 0.25) is 11.9 Å². The van der Waals surface area contributed by atoms with Gasteiger partial charge in [-0.3, -0.25) is 9.59 Å². The van der Waals surface area contributed by atoms with Crippen LogP contribution in [0.4, 0.5) is 23.1 Å². The molecule has 33 heavy (non-hydrogen) atoms. The molecule has 0 aliphatic carbocycles. The average molecular weight is 446 g/mol. The lowest BCUT2D eigenvalue weighted by molar-refractivity contribution is -0.116. The molecule has 0 saturated carbocycles. The number of anilines is 4. The highest BCUT2D eigenvalue weighted by atomic mass is 16.2. The van der Waals surface area contributed by atoms with Gasteiger partial charge in [-0.05, 0) is 35.9 Å². The first-order valence-electron chi connectivity index (χ1n) is 10.7. The van der Waals surface area contributed by atoms with Crippen molar-refractivity contribution in [2.45, 2.75) is 32.7 Å². The Morgan fingerprint density at radius 3 is 2.70 bits per heavy atom. The molecule has 1 aliphatic heterocycles. The lowest BCUT2D eigenvalue weighted by Crippen LogP contribution is -2.32. The molecule has 9 nitrogen and oxygen atoms in total. The number of benzene rings is 1. The lowest BCUT2D eigenvalue weighted by atomic mass is 9.87. The molecule has 0 fully saturated rings. The minimum atomic E-state index is -0.296. The summed E-state index contributed by atoms with van der Waals surface area (Å²) in [5, 5.41) is 9.02. The van der Waals surface area contributed by atoms with Gasteiger partial charge >= 0.3 is 0 Å². The maximum atomic E-state index is 13.1. The van der Waals surface area contributed by atoms with E-state index in [1.54, 1.807) is 49.5 Å². The van der Waals surface area contributed by atoms with Gasteiger partial charge in [-0.25, -0.2) is 15.0 Å². The quantitative estimate of drug-likeness (QED) is 0.533. The molecule has 2 amide bonds. The summed E-state index contributed by atoms with van der Waals surface area (Å²) in [5.74, 6) is 0.658. The van der Waals surface area contributed by atoms with E-state index >= 15 is 0 Å². The molecular formula is C24H27N7O2. The van der Waals surface area contributed by atoms with E-state index in [-0.39, 0.29) is 17.2 Å². The normalized spacial score (nSPS) is 13.9. The Bertz CT molecular complexity index is 1210. The van der Waals surface area contributed by atoms with Crippen LogP contribution in [0.3, 0.4) is 0 Å². The zero-order valence-electron chi connectivity index (χ0n) is 19.1. The van der Waals surface area contributed by atoms with Crippen LogP contribution in [0.5, 0.6) is 0 Å². The van der Waals surface area contributed by atoms with E-state index in [1.807, 2.05) is 18.2 Å². The van der Waals surface area contributed by atoms with Crippen LogP contribution in [0.2, 0.25) is 0 Å². The van der Waals surface area contributed by atoms with Crippen molar-refractivity contribution in [1.82, 2.24) is 15.0 Å². The first kappa shape index (κ1) is 22.2. The summed E-state index contributed by atoms with van der Waals surface area (Å²) >= 11 is 0. The monoisotopic (exact) mass is 445 g/mol. The highest BCUT2D eigenvalue weighted by molar-refractivity contribution is 6.08. The fourth-order valence-corrected chi connectivity index (χ4v) is 3.97. The van der Waals surface area contributed by atoms with Crippen molar-refractivity contribution in [3.63, 3.8) is 0 Å². The zero-order chi connectivity index (χ0) is 23.6. The lowest BCUT2D eigenvalue weighted by Gasteiger charge is -2.19. The van der Waals surface area contributed by atoms with Crippen LogP contribution in [0, 0.1) is 0 Å². The van der Waals surface area contributed by atoms with E-state index in [0.717, 1.165) is 16.9 Å². The number of hydrogen-bond donors (Lipinski definition) is 3. The number of aromatic nitrogens is 3. The molecule has 4 rings (SSSR count). The van der Waals surface area contributed by atoms with Crippen molar-refractivity contribution in [2.24, 2.45) is 0 Å². The maximum Gasteiger partial charge on any atom is 0.259 e. The first-order valence-corrected chi connectivity index (χ1v) is 10.7. The molecule has 0 spiro atoms. The predicted molar refractivity (Wildman–Crippen MR) is 129 cm³/mol. The third-order valence-electron chi connectivity index (χ3n) is 5.64. The molecule has 3 aromatic rings. The Balaban J connectivity index is 1.53. The summed E-state index contributed by atoms with van der Waals surface area (Å²) in [7, 11) is 1.75. The van der Waals surface area contributed by atoms with Gasteiger partial charge in [-0.15, -0.1) is 0 Å². The molecular weight excluding hydrogens is 418 g/mol. The van der Waals surface area contributed by atoms with Gasteiger partial charge in [0.15, 0.2) is 0 Å². The van der Waals surface area contributed by atoms with Crippen LogP contribution in [-0.2, 0) is 16.8 Å². The topological polar surface area (TPSA) is 112 Å². The number of fused-ring (bicyclic) bond motifs is 1. The van der Waals surface area contributed by atoms with Crippen LogP contribution in [0.25, 0.3) is 0 Å². The van der Waals surface area contributed by atoms with Gasteiger partial charge in [-0.2, -0.15) is 0 Å². The summed E-state index contributed by atoms with van der Waals surface area (Å²) in [6.07, 6.45) is 3.29. The van der Waals surface area contributed by atoms with Crippen LogP contribution >= 0.6 is 0 Å². The molecule has 1 aliphatic rings. The molecule has 170 valence electrons. The Morgan fingerprint density at radius 1 is 1.12 bits per heavy atom. The minimum absolute atomic E-state index is 0.0183. The summed E-state index contributed by atoms with van der Waals surface area (Å²) in [4.78, 5) is 39.8. The van der Waals surface area contributed by atoms with Crippen molar-refractivity contribution in [3.8, 4) is 0 Å². The van der Waals surface area contributed by atoms with E-state index < -0.39 is 0 Å². The van der Waals surface area contributed by atoms with Crippen LogP contribution < -0.4 is 20.9 Å². The summed E-state index contributed by atoms with van der Waals surface area (Å²) in [6, 6.07) is 10.9. The summed E-state index contributed by atoms with van der Waals surface area (Å²) < 4.78 is 0. The standard InChI is InChI=1S/C24H27N7O2/c1-15(32)31-14-24(2,3)19-8-7-16(12-20(19)31)29-22(33)18-6-5-10-26-21(18)28-13-17-9-11-27-23(25-4)30-17/h5-12H,13-14H2,1-4H3,(H,26,28)(H,29,33)(H,25,27,30). The number of hydrogen-bond acceptors (Lipinski definition) is 7. The minimum Gasteiger partial charge on any atom is -0.364 e. The second-order valence-electron chi connectivity index (χ2n) is 8.55. The smallest absolute Gasteiger partial charge is 0.259 e. The van der Waals surface area contributed by atoms with Crippen molar-refractivity contribution in [3.05, 3.63) is 65.6 Å². The summed E-state index contributed by atoms with van der Waals surface area (Å²) in [6.45, 7) is 6.77. The third kappa shape index (κ3) is 4.62. The van der Waals surface area contributed by atoms with E-state index in [0.29, 0.717) is 36.1 Å². The van der Waals surface area contributed by atoms with Crippen molar-refractivity contribution >= 4 is 35.0 Å². The van der Waals surface area contributed by atoms with Gasteiger partial charge in [0, 0.05) is 49.7 Å². The zero-order valence-corrected chi connectivity index (χ0v) is 19.1. The molecule has 9 heteroatoms. The highest BCUT2D eigenvalue weighted by Gasteiger charge is 2.37. The van der Waals surface area contributed by atoms with Gasteiger partial charge < -0.3 is 20.9 Å². The Hall–Kier alpha value is -4.01. The molecule has 0 saturated heterocycles. The number of carbonyl (C=O) groups excluding carboxylic acids is 2. The van der Waals surface area contributed by atoms with Gasteiger partial charge in [0.05, 0.1) is 17.8 Å². The second kappa shape index (κ2) is 8.85. The van der Waals surface area contributed by atoms with E-state index in [2.05, 4.69) is 44.7 Å². The number of carbonyl (C=O) groups is 2. The third-order valence-corrected chi connectivity index (χ3v) is 5.64. The van der Waals surface area contributed by atoms with Gasteiger partial charge in [-0.1, -0.05) is 19.9 Å². The van der Waals surface area contributed by atoms with Crippen LogP contribution in [0.1, 0.15) is 42.4 Å². The SMILES string of the molecule is CNc1nccc(CNc2ncccc2C(=O)Nc2ccc3c(c2)N(C(C)=O)CC3(C)C)n1. The Kier molecular flexibility index (Phi) is 5.95. The molecule has 0 atom stereocenters. The van der Waals surface area contributed by atoms with Gasteiger partial charge in [0.1, 0.15) is 5.82 Å². The Morgan fingerprint density at radius 2 is 1.94 bits per heavy atom. The van der Waals surface area contributed by atoms with E-state index in [9.17, 15) is 9.59 Å². The van der Waals surface area contributed by atoms with Crippen molar-refractivity contribution in [1.29, 1.82) is 0 Å². The largest absolute Gasteiger partial charge is 0.364 e. The molecule has 1 aromatic carbocycles. The number of pyridine rings is 1. The second-order valence-corrected chi connectivity index (χ2v) is 8.55. The number of nitrogens with zero attached hydrogens (tertiary/aromatic N) is 4. The molecule has 0 unspecified atom stereocenters. The number of amides is 2. The number of rotatable bonds is 6. The molecule has 3 N–H and O–H groups in total. The van der Waals surface area contributed by atoms with Crippen LogP contribution in [-0.4, -0.2) is 40.4 Å². The predicted octanol–water partition coefficient (Wildman–Crippen LogP) is 3.42. The first-order chi connectivity index (χ1) is 15.8. The van der Waals surface area contributed by atoms with Crippen LogP contribution in [0.15, 0.2) is 48.8 Å². The van der Waals surface area contributed by atoms with E-state index in [1.165, 1.54) is 0 Å². The van der Waals surface area contributed by atoms with Gasteiger partial charge in [0.25, 0.3) is 5.91 Å². The van der Waals surface area contributed by atoms with Crippen molar-refractivity contribution < 1.29 is 9.59 Å². The van der Waals surface area contributed by atoms with Crippen molar-refractivity contribution in [2.75, 3.05) is 34.4 Å². The average Bonchev–Trinajstić information content (AvgIpc) is 3.08. The molecule has 0 radical (unpaired) electrons. The molecule has 2 aromatic heterocycles. The fraction of sp³-hybridized carbons (Fsp3) is 0.292. The highest BCUT2D eigenvalue weighted by Crippen LogP contribution is 2.41.